The lowest BCUT2D eigenvalue weighted by Gasteiger charge is -2.35. The Bertz CT molecular complexity index is 1740. The van der Waals surface area contributed by atoms with E-state index in [0.29, 0.717) is 5.56 Å². The van der Waals surface area contributed by atoms with Gasteiger partial charge in [0.1, 0.15) is 24.2 Å². The molecule has 1 saturated carbocycles. The van der Waals surface area contributed by atoms with Gasteiger partial charge in [0.25, 0.3) is 10.0 Å². The first kappa shape index (κ1) is 33.8. The van der Waals surface area contributed by atoms with E-state index in [1.807, 2.05) is 37.3 Å². The Morgan fingerprint density at radius 2 is 1.38 bits per heavy atom. The molecule has 0 radical (unpaired) electrons. The van der Waals surface area contributed by atoms with Crippen molar-refractivity contribution >= 4 is 27.5 Å². The van der Waals surface area contributed by atoms with Crippen molar-refractivity contribution in [3.8, 4) is 0 Å². The highest BCUT2D eigenvalue weighted by Crippen LogP contribution is 2.26. The van der Waals surface area contributed by atoms with Gasteiger partial charge in [-0.15, -0.1) is 0 Å². The smallest absolute Gasteiger partial charge is 0.264 e. The van der Waals surface area contributed by atoms with Crippen LogP contribution in [0.1, 0.15) is 48.8 Å². The van der Waals surface area contributed by atoms with E-state index in [2.05, 4.69) is 5.32 Å². The standard InChI is InChI=1S/C37H39F2N3O4S/c1-27-12-20-33(21-13-27)42(47(45,46)34-22-18-31(39)19-23-34)26-36(43)41(25-29-14-16-30(38)17-15-29)35(24-28-8-4-2-5-9-28)37(44)40-32-10-6-3-7-11-32/h2,4-5,8-9,12-23,32,35H,3,6-7,10-11,24-26H2,1H3,(H,40,44)/t35-/m1/s1. The fraction of sp³-hybridized carbons (Fsp3) is 0.297. The second kappa shape index (κ2) is 15.3. The maximum Gasteiger partial charge on any atom is 0.264 e. The first-order valence-electron chi connectivity index (χ1n) is 15.8. The van der Waals surface area contributed by atoms with Crippen LogP contribution in [0, 0.1) is 18.6 Å². The van der Waals surface area contributed by atoms with Crippen LogP contribution in [0.2, 0.25) is 0 Å². The molecular weight excluding hydrogens is 620 g/mol. The molecule has 4 aromatic rings. The van der Waals surface area contributed by atoms with Crippen LogP contribution in [0.15, 0.2) is 108 Å². The third-order valence-corrected chi connectivity index (χ3v) is 10.3. The summed E-state index contributed by atoms with van der Waals surface area (Å²) < 4.78 is 56.7. The summed E-state index contributed by atoms with van der Waals surface area (Å²) in [5.74, 6) is -2.00. The van der Waals surface area contributed by atoms with Crippen LogP contribution < -0.4 is 9.62 Å². The zero-order valence-corrected chi connectivity index (χ0v) is 27.1. The summed E-state index contributed by atoms with van der Waals surface area (Å²) in [6.45, 7) is 1.16. The molecule has 0 unspecified atom stereocenters. The molecule has 0 spiro atoms. The molecule has 1 aliphatic rings. The Hall–Kier alpha value is -4.57. The van der Waals surface area contributed by atoms with Gasteiger partial charge >= 0.3 is 0 Å². The largest absolute Gasteiger partial charge is 0.352 e. The van der Waals surface area contributed by atoms with Crippen LogP contribution in [0.4, 0.5) is 14.5 Å². The molecule has 1 N–H and O–H groups in total. The summed E-state index contributed by atoms with van der Waals surface area (Å²) in [5.41, 5.74) is 2.52. The van der Waals surface area contributed by atoms with Crippen molar-refractivity contribution in [2.24, 2.45) is 0 Å². The predicted molar refractivity (Wildman–Crippen MR) is 178 cm³/mol. The Morgan fingerprint density at radius 3 is 2.00 bits per heavy atom. The summed E-state index contributed by atoms with van der Waals surface area (Å²) in [6.07, 6.45) is 4.96. The van der Waals surface area contributed by atoms with E-state index in [1.54, 1.807) is 36.4 Å². The average Bonchev–Trinajstić information content (AvgIpc) is 3.07. The maximum atomic E-state index is 14.5. The summed E-state index contributed by atoms with van der Waals surface area (Å²) in [4.78, 5) is 29.9. The molecule has 0 saturated heterocycles. The van der Waals surface area contributed by atoms with E-state index in [9.17, 15) is 26.8 Å². The highest BCUT2D eigenvalue weighted by Gasteiger charge is 2.35. The number of carbonyl (C=O) groups excluding carboxylic acids is 2. The van der Waals surface area contributed by atoms with Gasteiger partial charge < -0.3 is 10.2 Å². The van der Waals surface area contributed by atoms with Gasteiger partial charge in [-0.1, -0.05) is 79.4 Å². The minimum absolute atomic E-state index is 0.0276. The molecular formula is C37H39F2N3O4S. The van der Waals surface area contributed by atoms with Crippen molar-refractivity contribution in [3.63, 3.8) is 0 Å². The molecule has 246 valence electrons. The van der Waals surface area contributed by atoms with Crippen molar-refractivity contribution in [3.05, 3.63) is 131 Å². The number of hydrogen-bond donors (Lipinski definition) is 1. The number of carbonyl (C=O) groups is 2. The van der Waals surface area contributed by atoms with E-state index in [4.69, 9.17) is 0 Å². The van der Waals surface area contributed by atoms with Gasteiger partial charge in [0.2, 0.25) is 11.8 Å². The quantitative estimate of drug-likeness (QED) is 0.187. The molecule has 0 bridgehead atoms. The van der Waals surface area contributed by atoms with E-state index < -0.39 is 40.2 Å². The number of nitrogens with one attached hydrogen (secondary N) is 1. The van der Waals surface area contributed by atoms with Crippen LogP contribution in [0.5, 0.6) is 0 Å². The topological polar surface area (TPSA) is 86.8 Å². The minimum Gasteiger partial charge on any atom is -0.352 e. The fourth-order valence-corrected chi connectivity index (χ4v) is 7.27. The van der Waals surface area contributed by atoms with Gasteiger partial charge in [-0.3, -0.25) is 13.9 Å². The number of benzene rings is 4. The van der Waals surface area contributed by atoms with Crippen molar-refractivity contribution in [1.82, 2.24) is 10.2 Å². The SMILES string of the molecule is Cc1ccc(N(CC(=O)N(Cc2ccc(F)cc2)[C@H](Cc2ccccc2)C(=O)NC2CCCCC2)S(=O)(=O)c2ccc(F)cc2)cc1. The molecule has 0 heterocycles. The monoisotopic (exact) mass is 659 g/mol. The molecule has 1 fully saturated rings. The van der Waals surface area contributed by atoms with Crippen molar-refractivity contribution in [2.45, 2.75) is 69.0 Å². The third-order valence-electron chi connectivity index (χ3n) is 8.49. The molecule has 1 atom stereocenters. The predicted octanol–water partition coefficient (Wildman–Crippen LogP) is 6.56. The van der Waals surface area contributed by atoms with Gasteiger partial charge in [0.15, 0.2) is 0 Å². The number of sulfonamides is 1. The van der Waals surface area contributed by atoms with Gasteiger partial charge in [-0.25, -0.2) is 17.2 Å². The normalized spacial score (nSPS) is 14.3. The van der Waals surface area contributed by atoms with Gasteiger partial charge in [0.05, 0.1) is 10.6 Å². The lowest BCUT2D eigenvalue weighted by Crippen LogP contribution is -2.55. The molecule has 4 aromatic carbocycles. The van der Waals surface area contributed by atoms with Crippen LogP contribution in [0.3, 0.4) is 0 Å². The van der Waals surface area contributed by atoms with E-state index in [0.717, 1.165) is 71.8 Å². The van der Waals surface area contributed by atoms with Crippen molar-refractivity contribution in [1.29, 1.82) is 0 Å². The Balaban J connectivity index is 1.55. The van der Waals surface area contributed by atoms with Crippen LogP contribution >= 0.6 is 0 Å². The zero-order valence-electron chi connectivity index (χ0n) is 26.3. The number of hydrogen-bond acceptors (Lipinski definition) is 4. The lowest BCUT2D eigenvalue weighted by molar-refractivity contribution is -0.140. The van der Waals surface area contributed by atoms with Crippen LogP contribution in [-0.2, 0) is 32.6 Å². The molecule has 5 rings (SSSR count). The van der Waals surface area contributed by atoms with E-state index in [1.165, 1.54) is 17.0 Å². The zero-order chi connectivity index (χ0) is 33.4. The molecule has 0 aliphatic heterocycles. The Morgan fingerprint density at radius 1 is 0.787 bits per heavy atom. The molecule has 2 amide bonds. The number of rotatable bonds is 12. The molecule has 10 heteroatoms. The van der Waals surface area contributed by atoms with Crippen LogP contribution in [-0.4, -0.2) is 43.8 Å². The molecule has 1 aliphatic carbocycles. The summed E-state index contributed by atoms with van der Waals surface area (Å²) in [6, 6.07) is 25.0. The number of amides is 2. The Labute approximate surface area is 275 Å². The highest BCUT2D eigenvalue weighted by atomic mass is 32.2. The summed E-state index contributed by atoms with van der Waals surface area (Å²) in [5, 5.41) is 3.16. The average molecular weight is 660 g/mol. The van der Waals surface area contributed by atoms with Crippen molar-refractivity contribution in [2.75, 3.05) is 10.8 Å². The van der Waals surface area contributed by atoms with Crippen molar-refractivity contribution < 1.29 is 26.8 Å². The second-order valence-corrected chi connectivity index (χ2v) is 13.9. The van der Waals surface area contributed by atoms with Crippen LogP contribution in [0.25, 0.3) is 0 Å². The number of halogens is 2. The number of nitrogens with zero attached hydrogens (tertiary/aromatic N) is 2. The second-order valence-electron chi connectivity index (χ2n) is 12.0. The Kier molecular flexibility index (Phi) is 11.0. The first-order valence-corrected chi connectivity index (χ1v) is 17.3. The number of anilines is 1. The minimum atomic E-state index is -4.35. The fourth-order valence-electron chi connectivity index (χ4n) is 5.86. The van der Waals surface area contributed by atoms with Gasteiger partial charge in [0, 0.05) is 19.0 Å². The van der Waals surface area contributed by atoms with E-state index in [-0.39, 0.29) is 35.5 Å². The summed E-state index contributed by atoms with van der Waals surface area (Å²) >= 11 is 0. The van der Waals surface area contributed by atoms with Gasteiger partial charge in [-0.2, -0.15) is 0 Å². The maximum absolute atomic E-state index is 14.5. The molecule has 0 aromatic heterocycles. The number of aryl methyl sites for hydroxylation is 1. The van der Waals surface area contributed by atoms with Gasteiger partial charge in [-0.05, 0) is 79.4 Å². The van der Waals surface area contributed by atoms with E-state index >= 15 is 0 Å². The molecule has 7 nitrogen and oxygen atoms in total. The first-order chi connectivity index (χ1) is 22.6. The molecule has 47 heavy (non-hydrogen) atoms. The lowest BCUT2D eigenvalue weighted by atomic mass is 9.94. The third kappa shape index (κ3) is 8.83. The summed E-state index contributed by atoms with van der Waals surface area (Å²) in [7, 11) is -4.35. The highest BCUT2D eigenvalue weighted by molar-refractivity contribution is 7.92.